The third-order valence-electron chi connectivity index (χ3n) is 7.23. The lowest BCUT2D eigenvalue weighted by molar-refractivity contribution is -0.115. The molecule has 11 heteroatoms. The van der Waals surface area contributed by atoms with Gasteiger partial charge < -0.3 is 14.8 Å². The number of sulfonamides is 1. The summed E-state index contributed by atoms with van der Waals surface area (Å²) in [4.78, 5) is 27.0. The van der Waals surface area contributed by atoms with Crippen LogP contribution in [0.4, 0.5) is 5.69 Å². The fourth-order valence-corrected chi connectivity index (χ4v) is 6.83. The fourth-order valence-electron chi connectivity index (χ4n) is 5.04. The standard InChI is InChI=1S/C30H30ClN3O6S/c1-19-4-9-23(16-28(19)41(37,38)33-12-14-40-15-13-33)32-29(35)18-25-20(2)34(27-11-10-24(39-3)17-26(25)27)30(36)21-5-7-22(31)8-6-21/h4-11,16-17H,12-15,18H2,1-3H3,(H,32,35). The maximum absolute atomic E-state index is 13.6. The molecule has 0 spiro atoms. The van der Waals surface area contributed by atoms with E-state index in [1.807, 2.05) is 0 Å². The van der Waals surface area contributed by atoms with E-state index in [-0.39, 0.29) is 36.2 Å². The molecule has 1 aliphatic heterocycles. The number of carbonyl (C=O) groups excluding carboxylic acids is 2. The minimum Gasteiger partial charge on any atom is -0.497 e. The Morgan fingerprint density at radius 2 is 1.71 bits per heavy atom. The van der Waals surface area contributed by atoms with Crippen LogP contribution in [0, 0.1) is 13.8 Å². The average Bonchev–Trinajstić information content (AvgIpc) is 3.24. The Kier molecular flexibility index (Phi) is 8.19. The minimum absolute atomic E-state index is 0.0458. The molecule has 1 saturated heterocycles. The van der Waals surface area contributed by atoms with Gasteiger partial charge in [-0.1, -0.05) is 17.7 Å². The maximum Gasteiger partial charge on any atom is 0.262 e. The molecule has 214 valence electrons. The highest BCUT2D eigenvalue weighted by molar-refractivity contribution is 7.89. The van der Waals surface area contributed by atoms with E-state index in [2.05, 4.69) is 5.32 Å². The lowest BCUT2D eigenvalue weighted by Crippen LogP contribution is -2.40. The number of halogens is 1. The second-order valence-electron chi connectivity index (χ2n) is 9.82. The van der Waals surface area contributed by atoms with E-state index in [1.165, 1.54) is 10.4 Å². The largest absolute Gasteiger partial charge is 0.497 e. The number of aromatic nitrogens is 1. The van der Waals surface area contributed by atoms with Gasteiger partial charge in [-0.05, 0) is 79.6 Å². The quantitative estimate of drug-likeness (QED) is 0.329. The molecule has 0 saturated carbocycles. The molecule has 0 bridgehead atoms. The van der Waals surface area contributed by atoms with Gasteiger partial charge in [0.2, 0.25) is 15.9 Å². The highest BCUT2D eigenvalue weighted by Gasteiger charge is 2.28. The van der Waals surface area contributed by atoms with Crippen LogP contribution in [0.15, 0.2) is 65.6 Å². The number of benzene rings is 3. The number of carbonyl (C=O) groups is 2. The number of hydrogen-bond donors (Lipinski definition) is 1. The van der Waals surface area contributed by atoms with E-state index in [0.717, 1.165) is 0 Å². The van der Waals surface area contributed by atoms with E-state index in [4.69, 9.17) is 21.1 Å². The van der Waals surface area contributed by atoms with Crippen molar-refractivity contribution < 1.29 is 27.5 Å². The van der Waals surface area contributed by atoms with E-state index in [0.29, 0.717) is 63.0 Å². The average molecular weight is 596 g/mol. The van der Waals surface area contributed by atoms with E-state index in [1.54, 1.807) is 80.1 Å². The number of nitrogens with one attached hydrogen (secondary N) is 1. The fraction of sp³-hybridized carbons (Fsp3) is 0.267. The van der Waals surface area contributed by atoms with Crippen molar-refractivity contribution in [1.29, 1.82) is 0 Å². The molecule has 1 aromatic heterocycles. The molecule has 2 heterocycles. The van der Waals surface area contributed by atoms with Crippen molar-refractivity contribution in [2.24, 2.45) is 0 Å². The van der Waals surface area contributed by atoms with Crippen molar-refractivity contribution in [2.75, 3.05) is 38.7 Å². The van der Waals surface area contributed by atoms with Crippen LogP contribution in [0.2, 0.25) is 5.02 Å². The van der Waals surface area contributed by atoms with Gasteiger partial charge in [0.15, 0.2) is 0 Å². The van der Waals surface area contributed by atoms with Gasteiger partial charge in [-0.2, -0.15) is 4.31 Å². The summed E-state index contributed by atoms with van der Waals surface area (Å²) < 4.78 is 40.3. The summed E-state index contributed by atoms with van der Waals surface area (Å²) in [7, 11) is -2.20. The van der Waals surface area contributed by atoms with Gasteiger partial charge in [-0.15, -0.1) is 0 Å². The lowest BCUT2D eigenvalue weighted by atomic mass is 10.1. The zero-order valence-electron chi connectivity index (χ0n) is 22.9. The summed E-state index contributed by atoms with van der Waals surface area (Å²) in [6, 6.07) is 16.8. The van der Waals surface area contributed by atoms with Gasteiger partial charge in [0.05, 0.1) is 37.2 Å². The van der Waals surface area contributed by atoms with Gasteiger partial charge in [0.1, 0.15) is 5.75 Å². The normalized spacial score (nSPS) is 14.2. The van der Waals surface area contributed by atoms with Crippen molar-refractivity contribution >= 4 is 50.0 Å². The van der Waals surface area contributed by atoms with E-state index in [9.17, 15) is 18.0 Å². The summed E-state index contributed by atoms with van der Waals surface area (Å²) >= 11 is 6.02. The first-order valence-electron chi connectivity index (χ1n) is 13.1. The topological polar surface area (TPSA) is 107 Å². The van der Waals surface area contributed by atoms with Gasteiger partial charge >= 0.3 is 0 Å². The number of hydrogen-bond acceptors (Lipinski definition) is 6. The van der Waals surface area contributed by atoms with Crippen molar-refractivity contribution in [2.45, 2.75) is 25.2 Å². The van der Waals surface area contributed by atoms with Crippen LogP contribution in [-0.2, 0) is 26.0 Å². The van der Waals surface area contributed by atoms with Gasteiger partial charge in [-0.25, -0.2) is 8.42 Å². The first-order chi connectivity index (χ1) is 19.6. The first kappa shape index (κ1) is 28.8. The molecular weight excluding hydrogens is 566 g/mol. The molecule has 9 nitrogen and oxygen atoms in total. The highest BCUT2D eigenvalue weighted by Crippen LogP contribution is 2.31. The molecule has 1 fully saturated rings. The molecule has 0 aliphatic carbocycles. The van der Waals surface area contributed by atoms with Crippen LogP contribution in [-0.4, -0.2) is 62.5 Å². The molecule has 1 N–H and O–H groups in total. The minimum atomic E-state index is -3.75. The molecule has 0 atom stereocenters. The van der Waals surface area contributed by atoms with Crippen molar-refractivity contribution in [1.82, 2.24) is 8.87 Å². The summed E-state index contributed by atoms with van der Waals surface area (Å²) in [5.74, 6) is -0.0169. The van der Waals surface area contributed by atoms with Crippen LogP contribution in [0.5, 0.6) is 5.75 Å². The smallest absolute Gasteiger partial charge is 0.262 e. The number of aryl methyl sites for hydroxylation is 1. The Morgan fingerprint density at radius 1 is 1.00 bits per heavy atom. The number of rotatable bonds is 7. The van der Waals surface area contributed by atoms with Crippen LogP contribution >= 0.6 is 11.6 Å². The SMILES string of the molecule is COc1ccc2c(c1)c(CC(=O)Nc1ccc(C)c(S(=O)(=O)N3CCOCC3)c1)c(C)n2C(=O)c1ccc(Cl)cc1. The van der Waals surface area contributed by atoms with E-state index >= 15 is 0 Å². The number of ether oxygens (including phenoxy) is 2. The Bertz CT molecular complexity index is 1740. The Labute approximate surface area is 243 Å². The summed E-state index contributed by atoms with van der Waals surface area (Å²) in [5, 5.41) is 4.07. The van der Waals surface area contributed by atoms with E-state index < -0.39 is 10.0 Å². The molecule has 0 radical (unpaired) electrons. The molecular formula is C30H30ClN3O6S. The van der Waals surface area contributed by atoms with Crippen LogP contribution in [0.3, 0.4) is 0 Å². The summed E-state index contributed by atoms with van der Waals surface area (Å²) in [6.45, 7) is 4.75. The molecule has 41 heavy (non-hydrogen) atoms. The van der Waals surface area contributed by atoms with Crippen molar-refractivity contribution in [3.8, 4) is 5.75 Å². The number of methoxy groups -OCH3 is 1. The van der Waals surface area contributed by atoms with Gasteiger partial charge in [-0.3, -0.25) is 14.2 Å². The predicted molar refractivity (Wildman–Crippen MR) is 157 cm³/mol. The number of anilines is 1. The Morgan fingerprint density at radius 3 is 2.39 bits per heavy atom. The van der Waals surface area contributed by atoms with Crippen molar-refractivity contribution in [3.63, 3.8) is 0 Å². The molecule has 4 aromatic rings. The van der Waals surface area contributed by atoms with Crippen LogP contribution in [0.25, 0.3) is 10.9 Å². The number of nitrogens with zero attached hydrogens (tertiary/aromatic N) is 2. The Hall–Kier alpha value is -3.70. The number of morpholine rings is 1. The third kappa shape index (κ3) is 5.73. The highest BCUT2D eigenvalue weighted by atomic mass is 35.5. The maximum atomic E-state index is 13.6. The Balaban J connectivity index is 1.46. The number of fused-ring (bicyclic) bond motifs is 1. The van der Waals surface area contributed by atoms with Gasteiger partial charge in [0, 0.05) is 40.4 Å². The van der Waals surface area contributed by atoms with Crippen molar-refractivity contribution in [3.05, 3.63) is 88.1 Å². The zero-order chi connectivity index (χ0) is 29.3. The second kappa shape index (κ2) is 11.7. The molecule has 3 aromatic carbocycles. The molecule has 5 rings (SSSR count). The summed E-state index contributed by atoms with van der Waals surface area (Å²) in [5.41, 5.74) is 3.31. The van der Waals surface area contributed by atoms with Gasteiger partial charge in [0.25, 0.3) is 5.91 Å². The van der Waals surface area contributed by atoms with Crippen LogP contribution < -0.4 is 10.1 Å². The third-order valence-corrected chi connectivity index (χ3v) is 9.53. The summed E-state index contributed by atoms with van der Waals surface area (Å²) in [6.07, 6.45) is -0.0458. The first-order valence-corrected chi connectivity index (χ1v) is 14.9. The monoisotopic (exact) mass is 595 g/mol. The number of amides is 1. The molecule has 1 amide bonds. The molecule has 1 aliphatic rings. The zero-order valence-corrected chi connectivity index (χ0v) is 24.5. The lowest BCUT2D eigenvalue weighted by Gasteiger charge is -2.26. The predicted octanol–water partition coefficient (Wildman–Crippen LogP) is 4.81. The molecule has 0 unspecified atom stereocenters. The van der Waals surface area contributed by atoms with Crippen LogP contribution in [0.1, 0.15) is 27.2 Å². The second-order valence-corrected chi connectivity index (χ2v) is 12.2.